The molecule has 1 rings (SSSR count). The Morgan fingerprint density at radius 1 is 1.36 bits per heavy atom. The van der Waals surface area contributed by atoms with E-state index >= 15 is 0 Å². The first-order valence-electron chi connectivity index (χ1n) is 4.32. The van der Waals surface area contributed by atoms with E-state index in [1.165, 1.54) is 19.3 Å². The van der Waals surface area contributed by atoms with Gasteiger partial charge in [-0.25, -0.2) is 0 Å². The maximum atomic E-state index is 10.8. The van der Waals surface area contributed by atoms with Crippen LogP contribution in [0.1, 0.15) is 32.1 Å². The van der Waals surface area contributed by atoms with Crippen molar-refractivity contribution < 1.29 is 4.79 Å². The second kappa shape index (κ2) is 4.42. The molecule has 0 aromatic carbocycles. The molecule has 2 radical (unpaired) electrons. The van der Waals surface area contributed by atoms with Crippen molar-refractivity contribution in [2.75, 3.05) is 0 Å². The Morgan fingerprint density at radius 2 is 2.00 bits per heavy atom. The van der Waals surface area contributed by atoms with Gasteiger partial charge in [-0.2, -0.15) is 0 Å². The molecule has 0 bridgehead atoms. The highest BCUT2D eigenvalue weighted by molar-refractivity contribution is 6.19. The van der Waals surface area contributed by atoms with Gasteiger partial charge in [0.15, 0.2) is 0 Å². The van der Waals surface area contributed by atoms with E-state index in [4.69, 9.17) is 7.85 Å². The largest absolute Gasteiger partial charge is 0.354 e. The summed E-state index contributed by atoms with van der Waals surface area (Å²) in [7, 11) is 5.18. The van der Waals surface area contributed by atoms with Gasteiger partial charge in [-0.1, -0.05) is 19.3 Å². The normalized spacial score (nSPS) is 19.6. The van der Waals surface area contributed by atoms with Gasteiger partial charge in [0.05, 0.1) is 7.85 Å². The summed E-state index contributed by atoms with van der Waals surface area (Å²) >= 11 is 0. The molecule has 2 nitrogen and oxygen atoms in total. The molecule has 60 valence electrons. The van der Waals surface area contributed by atoms with E-state index in [0.29, 0.717) is 6.04 Å². The quantitative estimate of drug-likeness (QED) is 0.586. The van der Waals surface area contributed by atoms with Crippen LogP contribution in [0.2, 0.25) is 6.32 Å². The molecule has 1 N–H and O–H groups in total. The molecule has 3 heteroatoms. The van der Waals surface area contributed by atoms with Crippen molar-refractivity contribution in [2.24, 2.45) is 0 Å². The van der Waals surface area contributed by atoms with Crippen molar-refractivity contribution in [2.45, 2.75) is 44.5 Å². The number of carbonyl (C=O) groups is 1. The Bertz CT molecular complexity index is 132. The molecule has 0 heterocycles. The Hall–Kier alpha value is -0.465. The maximum Gasteiger partial charge on any atom is 0.211 e. The lowest BCUT2D eigenvalue weighted by Gasteiger charge is -2.22. The van der Waals surface area contributed by atoms with Crippen molar-refractivity contribution in [3.63, 3.8) is 0 Å². The molecule has 1 saturated carbocycles. The number of carbonyl (C=O) groups excluding carboxylic acids is 1. The third-order valence-corrected chi connectivity index (χ3v) is 2.16. The van der Waals surface area contributed by atoms with E-state index in [-0.39, 0.29) is 12.2 Å². The van der Waals surface area contributed by atoms with Gasteiger partial charge in [-0.05, 0) is 19.2 Å². The fourth-order valence-corrected chi connectivity index (χ4v) is 1.53. The molecule has 0 aromatic heterocycles. The van der Waals surface area contributed by atoms with Gasteiger partial charge in [-0.15, -0.1) is 0 Å². The fourth-order valence-electron chi connectivity index (χ4n) is 1.53. The fraction of sp³-hybridized carbons (Fsp3) is 0.875. The zero-order valence-electron chi connectivity index (χ0n) is 6.81. The van der Waals surface area contributed by atoms with Gasteiger partial charge in [0.2, 0.25) is 5.91 Å². The Morgan fingerprint density at radius 3 is 2.55 bits per heavy atom. The third kappa shape index (κ3) is 2.96. The number of hydrogen-bond acceptors (Lipinski definition) is 1. The third-order valence-electron chi connectivity index (χ3n) is 2.16. The van der Waals surface area contributed by atoms with E-state index in [0.717, 1.165) is 12.8 Å². The van der Waals surface area contributed by atoms with E-state index in [1.807, 2.05) is 0 Å². The van der Waals surface area contributed by atoms with Gasteiger partial charge >= 0.3 is 0 Å². The van der Waals surface area contributed by atoms with Gasteiger partial charge in [0, 0.05) is 6.04 Å². The van der Waals surface area contributed by atoms with Crippen molar-refractivity contribution >= 4 is 13.8 Å². The van der Waals surface area contributed by atoms with Crippen molar-refractivity contribution in [3.05, 3.63) is 0 Å². The van der Waals surface area contributed by atoms with Crippen LogP contribution in [0.4, 0.5) is 0 Å². The van der Waals surface area contributed by atoms with Gasteiger partial charge in [0.25, 0.3) is 0 Å². The summed E-state index contributed by atoms with van der Waals surface area (Å²) in [5.74, 6) is -0.0168. The molecule has 1 amide bonds. The second-order valence-corrected chi connectivity index (χ2v) is 3.11. The smallest absolute Gasteiger partial charge is 0.211 e. The minimum atomic E-state index is -0.0168. The van der Waals surface area contributed by atoms with Gasteiger partial charge < -0.3 is 5.32 Å². The lowest BCUT2D eigenvalue weighted by Crippen LogP contribution is -2.35. The molecule has 0 saturated heterocycles. The first-order chi connectivity index (χ1) is 5.33. The molecule has 0 atom stereocenters. The number of hydrogen-bond donors (Lipinski definition) is 1. The van der Waals surface area contributed by atoms with E-state index < -0.39 is 0 Å². The van der Waals surface area contributed by atoms with Crippen LogP contribution in [0.5, 0.6) is 0 Å². The number of nitrogens with one attached hydrogen (secondary N) is 1. The standard InChI is InChI=1S/C8H14BNO/c9-6-8(11)10-7-4-2-1-3-5-7/h7H,1-6H2,(H,10,11). The highest BCUT2D eigenvalue weighted by Gasteiger charge is 2.13. The lowest BCUT2D eigenvalue weighted by atomic mass is 9.94. The molecular weight excluding hydrogens is 137 g/mol. The highest BCUT2D eigenvalue weighted by Crippen LogP contribution is 2.17. The van der Waals surface area contributed by atoms with Gasteiger partial charge in [0.1, 0.15) is 0 Å². The molecule has 1 fully saturated rings. The zero-order valence-corrected chi connectivity index (χ0v) is 6.81. The van der Waals surface area contributed by atoms with E-state index in [2.05, 4.69) is 5.32 Å². The predicted molar refractivity (Wildman–Crippen MR) is 45.6 cm³/mol. The molecule has 0 aromatic rings. The van der Waals surface area contributed by atoms with Crippen LogP contribution in [-0.4, -0.2) is 19.8 Å². The maximum absolute atomic E-state index is 10.8. The highest BCUT2D eigenvalue weighted by atomic mass is 16.1. The molecule has 1 aliphatic carbocycles. The molecule has 0 unspecified atom stereocenters. The zero-order chi connectivity index (χ0) is 8.10. The van der Waals surface area contributed by atoms with Crippen molar-refractivity contribution in [1.29, 1.82) is 0 Å². The van der Waals surface area contributed by atoms with E-state index in [9.17, 15) is 4.79 Å². The minimum Gasteiger partial charge on any atom is -0.354 e. The summed E-state index contributed by atoms with van der Waals surface area (Å²) in [4.78, 5) is 10.8. The lowest BCUT2D eigenvalue weighted by molar-refractivity contribution is -0.119. The van der Waals surface area contributed by atoms with Crippen LogP contribution < -0.4 is 5.32 Å². The Kier molecular flexibility index (Phi) is 3.47. The molecular formula is C8H14BNO. The predicted octanol–water partition coefficient (Wildman–Crippen LogP) is 1.02. The average Bonchev–Trinajstić information content (AvgIpc) is 2.06. The summed E-state index contributed by atoms with van der Waals surface area (Å²) in [6, 6.07) is 0.403. The van der Waals surface area contributed by atoms with Crippen molar-refractivity contribution in [3.8, 4) is 0 Å². The second-order valence-electron chi connectivity index (χ2n) is 3.11. The van der Waals surface area contributed by atoms with Crippen LogP contribution in [0, 0.1) is 0 Å². The number of rotatable bonds is 2. The van der Waals surface area contributed by atoms with E-state index in [1.54, 1.807) is 0 Å². The van der Waals surface area contributed by atoms with Crippen molar-refractivity contribution in [1.82, 2.24) is 5.32 Å². The van der Waals surface area contributed by atoms with Crippen LogP contribution in [0.15, 0.2) is 0 Å². The minimum absolute atomic E-state index is 0.0168. The Balaban J connectivity index is 2.19. The molecule has 0 spiro atoms. The SMILES string of the molecule is [B]CC(=O)NC1CCCCC1. The first kappa shape index (κ1) is 8.63. The molecule has 0 aliphatic heterocycles. The van der Waals surface area contributed by atoms with Crippen LogP contribution >= 0.6 is 0 Å². The summed E-state index contributed by atoms with van der Waals surface area (Å²) in [5.41, 5.74) is 0. The summed E-state index contributed by atoms with van der Waals surface area (Å²) in [5, 5.41) is 2.90. The number of amides is 1. The van der Waals surface area contributed by atoms with Crippen LogP contribution in [0.3, 0.4) is 0 Å². The van der Waals surface area contributed by atoms with Gasteiger partial charge in [-0.3, -0.25) is 4.79 Å². The summed E-state index contributed by atoms with van der Waals surface area (Å²) in [6.07, 6.45) is 6.19. The topological polar surface area (TPSA) is 29.1 Å². The summed E-state index contributed by atoms with van der Waals surface area (Å²) < 4.78 is 0. The van der Waals surface area contributed by atoms with Crippen LogP contribution in [-0.2, 0) is 4.79 Å². The molecule has 11 heavy (non-hydrogen) atoms. The Labute approximate surface area is 69.2 Å². The first-order valence-corrected chi connectivity index (χ1v) is 4.32. The monoisotopic (exact) mass is 151 g/mol. The average molecular weight is 151 g/mol. The molecule has 1 aliphatic rings. The summed E-state index contributed by atoms with van der Waals surface area (Å²) in [6.45, 7) is 0. The van der Waals surface area contributed by atoms with Crippen LogP contribution in [0.25, 0.3) is 0 Å².